The van der Waals surface area contributed by atoms with E-state index in [1.807, 2.05) is 13.8 Å². The van der Waals surface area contributed by atoms with Crippen molar-refractivity contribution in [2.24, 2.45) is 5.41 Å². The first-order valence-corrected chi connectivity index (χ1v) is 5.68. The number of aliphatic hydroxyl groups is 2. The van der Waals surface area contributed by atoms with Crippen LogP contribution in [-0.4, -0.2) is 42.0 Å². The van der Waals surface area contributed by atoms with Gasteiger partial charge in [-0.1, -0.05) is 13.8 Å². The molecule has 0 radical (unpaired) electrons. The van der Waals surface area contributed by atoms with Crippen LogP contribution < -0.4 is 10.6 Å². The molecule has 0 aromatic heterocycles. The van der Waals surface area contributed by atoms with E-state index in [0.717, 1.165) is 0 Å². The molecule has 0 aliphatic rings. The Kier molecular flexibility index (Phi) is 7.08. The Morgan fingerprint density at radius 1 is 1.38 bits per heavy atom. The number of aliphatic hydroxyl groups excluding tert-OH is 2. The molecule has 2 amide bonds. The van der Waals surface area contributed by atoms with Crippen molar-refractivity contribution in [3.63, 3.8) is 0 Å². The van der Waals surface area contributed by atoms with Crippen molar-refractivity contribution in [3.8, 4) is 0 Å². The molecule has 0 saturated heterocycles. The molecule has 0 aliphatic carbocycles. The van der Waals surface area contributed by atoms with E-state index in [4.69, 9.17) is 5.11 Å². The summed E-state index contributed by atoms with van der Waals surface area (Å²) in [5, 5.41) is 23.2. The molecule has 1 unspecified atom stereocenters. The average Bonchev–Trinajstić information content (AvgIpc) is 2.13. The second-order valence-electron chi connectivity index (χ2n) is 4.90. The summed E-state index contributed by atoms with van der Waals surface area (Å²) >= 11 is 0. The second kappa shape index (κ2) is 7.46. The van der Waals surface area contributed by atoms with Crippen LogP contribution in [0.5, 0.6) is 0 Å². The van der Waals surface area contributed by atoms with Crippen molar-refractivity contribution in [1.29, 1.82) is 0 Å². The van der Waals surface area contributed by atoms with Gasteiger partial charge in [-0.05, 0) is 25.2 Å². The highest BCUT2D eigenvalue weighted by molar-refractivity contribution is 5.73. The summed E-state index contributed by atoms with van der Waals surface area (Å²) in [5.41, 5.74) is -0.123. The molecule has 0 fully saturated rings. The lowest BCUT2D eigenvalue weighted by atomic mass is 9.87. The van der Waals surface area contributed by atoms with Crippen molar-refractivity contribution in [2.75, 3.05) is 19.7 Å². The second-order valence-corrected chi connectivity index (χ2v) is 4.90. The molecule has 0 spiro atoms. The number of nitrogens with one attached hydrogen (secondary N) is 2. The fraction of sp³-hybridized carbons (Fsp3) is 0.909. The third kappa shape index (κ3) is 8.49. The van der Waals surface area contributed by atoms with Gasteiger partial charge >= 0.3 is 6.03 Å². The highest BCUT2D eigenvalue weighted by Crippen LogP contribution is 2.20. The zero-order valence-corrected chi connectivity index (χ0v) is 10.4. The maximum Gasteiger partial charge on any atom is 0.314 e. The quantitative estimate of drug-likeness (QED) is 0.481. The Balaban J connectivity index is 3.72. The highest BCUT2D eigenvalue weighted by Gasteiger charge is 2.20. The maximum atomic E-state index is 11.3. The number of amides is 2. The standard InChI is InChI=1S/C11H24N2O3/c1-9(15)7-11(2,3)8-13-10(16)12-5-4-6-14/h9,14-15H,4-8H2,1-3H3,(H2,12,13,16). The van der Waals surface area contributed by atoms with E-state index >= 15 is 0 Å². The number of carbonyl (C=O) groups is 1. The summed E-state index contributed by atoms with van der Waals surface area (Å²) in [5.74, 6) is 0. The molecule has 5 nitrogen and oxygen atoms in total. The summed E-state index contributed by atoms with van der Waals surface area (Å²) < 4.78 is 0. The van der Waals surface area contributed by atoms with Gasteiger partial charge in [-0.15, -0.1) is 0 Å². The largest absolute Gasteiger partial charge is 0.396 e. The number of carbonyl (C=O) groups excluding carboxylic acids is 1. The van der Waals surface area contributed by atoms with Gasteiger partial charge in [-0.3, -0.25) is 0 Å². The Morgan fingerprint density at radius 3 is 2.50 bits per heavy atom. The molecule has 5 heteroatoms. The fourth-order valence-corrected chi connectivity index (χ4v) is 1.53. The molecule has 0 bridgehead atoms. The van der Waals surface area contributed by atoms with Gasteiger partial charge in [0.1, 0.15) is 0 Å². The topological polar surface area (TPSA) is 81.6 Å². The van der Waals surface area contributed by atoms with Crippen molar-refractivity contribution in [3.05, 3.63) is 0 Å². The Hall–Kier alpha value is -0.810. The van der Waals surface area contributed by atoms with E-state index in [-0.39, 0.29) is 24.2 Å². The van der Waals surface area contributed by atoms with Crippen molar-refractivity contribution in [1.82, 2.24) is 10.6 Å². The van der Waals surface area contributed by atoms with Crippen LogP contribution in [-0.2, 0) is 0 Å². The molecule has 0 saturated carbocycles. The third-order valence-electron chi connectivity index (χ3n) is 2.20. The van der Waals surface area contributed by atoms with E-state index in [1.165, 1.54) is 0 Å². The first kappa shape index (κ1) is 15.2. The molecule has 4 N–H and O–H groups in total. The first-order valence-electron chi connectivity index (χ1n) is 5.68. The van der Waals surface area contributed by atoms with Gasteiger partial charge in [-0.25, -0.2) is 4.79 Å². The molecule has 0 aromatic rings. The minimum Gasteiger partial charge on any atom is -0.396 e. The van der Waals surface area contributed by atoms with Crippen LogP contribution in [0.4, 0.5) is 4.79 Å². The Morgan fingerprint density at radius 2 is 2.00 bits per heavy atom. The molecular weight excluding hydrogens is 208 g/mol. The molecule has 0 aliphatic heterocycles. The summed E-state index contributed by atoms with van der Waals surface area (Å²) in [6, 6.07) is -0.230. The van der Waals surface area contributed by atoms with Crippen molar-refractivity contribution < 1.29 is 15.0 Å². The van der Waals surface area contributed by atoms with Crippen LogP contribution in [0.3, 0.4) is 0 Å². The van der Waals surface area contributed by atoms with Gasteiger partial charge in [0, 0.05) is 19.7 Å². The molecule has 0 aromatic carbocycles. The van der Waals surface area contributed by atoms with Crippen LogP contribution in [0.1, 0.15) is 33.6 Å². The monoisotopic (exact) mass is 232 g/mol. The van der Waals surface area contributed by atoms with Crippen LogP contribution >= 0.6 is 0 Å². The van der Waals surface area contributed by atoms with Crippen molar-refractivity contribution in [2.45, 2.75) is 39.7 Å². The summed E-state index contributed by atoms with van der Waals surface area (Å²) in [4.78, 5) is 11.3. The fourth-order valence-electron chi connectivity index (χ4n) is 1.53. The lowest BCUT2D eigenvalue weighted by molar-refractivity contribution is 0.129. The number of rotatable bonds is 7. The van der Waals surface area contributed by atoms with Gasteiger partial charge in [0.2, 0.25) is 0 Å². The van der Waals surface area contributed by atoms with Gasteiger partial charge in [0.15, 0.2) is 0 Å². The lowest BCUT2D eigenvalue weighted by Crippen LogP contribution is -2.41. The minimum atomic E-state index is -0.366. The van der Waals surface area contributed by atoms with Gasteiger partial charge in [0.05, 0.1) is 6.10 Å². The molecule has 1 atom stereocenters. The normalized spacial score (nSPS) is 13.3. The lowest BCUT2D eigenvalue weighted by Gasteiger charge is -2.26. The van der Waals surface area contributed by atoms with Crippen LogP contribution in [0.2, 0.25) is 0 Å². The van der Waals surface area contributed by atoms with E-state index in [0.29, 0.717) is 25.9 Å². The van der Waals surface area contributed by atoms with E-state index in [9.17, 15) is 9.90 Å². The average molecular weight is 232 g/mol. The molecule has 96 valence electrons. The van der Waals surface area contributed by atoms with E-state index in [2.05, 4.69) is 10.6 Å². The zero-order chi connectivity index (χ0) is 12.6. The maximum absolute atomic E-state index is 11.3. The molecular formula is C11H24N2O3. The van der Waals surface area contributed by atoms with E-state index < -0.39 is 0 Å². The van der Waals surface area contributed by atoms with Gasteiger partial charge in [0.25, 0.3) is 0 Å². The Labute approximate surface area is 97.2 Å². The van der Waals surface area contributed by atoms with Crippen LogP contribution in [0.25, 0.3) is 0 Å². The number of urea groups is 1. The summed E-state index contributed by atoms with van der Waals surface area (Å²) in [7, 11) is 0. The van der Waals surface area contributed by atoms with Crippen molar-refractivity contribution >= 4 is 6.03 Å². The third-order valence-corrected chi connectivity index (χ3v) is 2.20. The predicted molar refractivity (Wildman–Crippen MR) is 63.2 cm³/mol. The molecule has 0 rings (SSSR count). The molecule has 16 heavy (non-hydrogen) atoms. The van der Waals surface area contributed by atoms with E-state index in [1.54, 1.807) is 6.92 Å². The first-order chi connectivity index (χ1) is 7.37. The van der Waals surface area contributed by atoms with Crippen LogP contribution in [0, 0.1) is 5.41 Å². The smallest absolute Gasteiger partial charge is 0.314 e. The Bertz CT molecular complexity index is 205. The zero-order valence-electron chi connectivity index (χ0n) is 10.4. The number of hydrogen-bond acceptors (Lipinski definition) is 3. The highest BCUT2D eigenvalue weighted by atomic mass is 16.3. The SMILES string of the molecule is CC(O)CC(C)(C)CNC(=O)NCCCO. The summed E-state index contributed by atoms with van der Waals surface area (Å²) in [6.45, 7) is 6.79. The van der Waals surface area contributed by atoms with Crippen LogP contribution in [0.15, 0.2) is 0 Å². The summed E-state index contributed by atoms with van der Waals surface area (Å²) in [6.07, 6.45) is 0.836. The minimum absolute atomic E-state index is 0.0772. The number of hydrogen-bond donors (Lipinski definition) is 4. The molecule has 0 heterocycles. The predicted octanol–water partition coefficient (Wildman–Crippen LogP) is 0.465. The van der Waals surface area contributed by atoms with Gasteiger partial charge in [-0.2, -0.15) is 0 Å². The van der Waals surface area contributed by atoms with Gasteiger partial charge < -0.3 is 20.8 Å².